The van der Waals surface area contributed by atoms with E-state index in [1.165, 1.54) is 25.7 Å². The normalized spacial score (nSPS) is 23.0. The molecule has 3 rings (SSSR count). The summed E-state index contributed by atoms with van der Waals surface area (Å²) in [6, 6.07) is 8.85. The number of hydrogen-bond donors (Lipinski definition) is 2. The van der Waals surface area contributed by atoms with Crippen molar-refractivity contribution in [2.45, 2.75) is 45.2 Å². The summed E-state index contributed by atoms with van der Waals surface area (Å²) >= 11 is 0. The highest BCUT2D eigenvalue weighted by atomic mass is 15.2. The SMILES string of the molecule is CCN(Cc1nc2ccccc2[nH]1)C1CCCCC1CN. The Bertz CT molecular complexity index is 544. The van der Waals surface area contributed by atoms with E-state index in [-0.39, 0.29) is 0 Å². The van der Waals surface area contributed by atoms with Crippen LogP contribution in [0.5, 0.6) is 0 Å². The van der Waals surface area contributed by atoms with Gasteiger partial charge in [0.1, 0.15) is 5.82 Å². The molecule has 2 unspecified atom stereocenters. The minimum absolute atomic E-state index is 0.613. The minimum atomic E-state index is 0.613. The molecule has 2 atom stereocenters. The fourth-order valence-electron chi connectivity index (χ4n) is 3.68. The summed E-state index contributed by atoms with van der Waals surface area (Å²) in [6.45, 7) is 5.00. The van der Waals surface area contributed by atoms with Crippen molar-refractivity contribution < 1.29 is 0 Å². The van der Waals surface area contributed by atoms with E-state index in [1.807, 2.05) is 12.1 Å². The van der Waals surface area contributed by atoms with Crippen molar-refractivity contribution in [2.24, 2.45) is 11.7 Å². The van der Waals surface area contributed by atoms with Crippen molar-refractivity contribution in [3.05, 3.63) is 30.1 Å². The third-order valence-corrected chi connectivity index (χ3v) is 4.84. The highest BCUT2D eigenvalue weighted by molar-refractivity contribution is 5.74. The lowest BCUT2D eigenvalue weighted by Crippen LogP contribution is -2.44. The highest BCUT2D eigenvalue weighted by Crippen LogP contribution is 2.28. The first-order valence-corrected chi connectivity index (χ1v) is 8.19. The Kier molecular flexibility index (Phi) is 4.56. The lowest BCUT2D eigenvalue weighted by atomic mass is 9.83. The summed E-state index contributed by atoms with van der Waals surface area (Å²) < 4.78 is 0. The molecule has 4 heteroatoms. The molecule has 1 fully saturated rings. The molecule has 4 nitrogen and oxygen atoms in total. The van der Waals surface area contributed by atoms with E-state index in [9.17, 15) is 0 Å². The van der Waals surface area contributed by atoms with Gasteiger partial charge in [0.2, 0.25) is 0 Å². The summed E-state index contributed by atoms with van der Waals surface area (Å²) in [7, 11) is 0. The molecular weight excluding hydrogens is 260 g/mol. The van der Waals surface area contributed by atoms with Gasteiger partial charge >= 0.3 is 0 Å². The van der Waals surface area contributed by atoms with Crippen LogP contribution < -0.4 is 5.73 Å². The first-order chi connectivity index (χ1) is 10.3. The molecule has 0 spiro atoms. The zero-order valence-electron chi connectivity index (χ0n) is 12.9. The summed E-state index contributed by atoms with van der Waals surface area (Å²) in [5.74, 6) is 1.71. The molecule has 1 aromatic carbocycles. The molecule has 114 valence electrons. The fraction of sp³-hybridized carbons (Fsp3) is 0.588. The number of hydrogen-bond acceptors (Lipinski definition) is 3. The third-order valence-electron chi connectivity index (χ3n) is 4.84. The van der Waals surface area contributed by atoms with Gasteiger partial charge in [-0.05, 0) is 44.0 Å². The first kappa shape index (κ1) is 14.5. The highest BCUT2D eigenvalue weighted by Gasteiger charge is 2.28. The number of aromatic amines is 1. The molecule has 1 heterocycles. The van der Waals surface area contributed by atoms with Gasteiger partial charge in [0, 0.05) is 6.04 Å². The summed E-state index contributed by atoms with van der Waals surface area (Å²) in [5.41, 5.74) is 8.18. The van der Waals surface area contributed by atoms with Gasteiger partial charge < -0.3 is 10.7 Å². The quantitative estimate of drug-likeness (QED) is 0.888. The fourth-order valence-corrected chi connectivity index (χ4v) is 3.68. The van der Waals surface area contributed by atoms with Gasteiger partial charge in [-0.15, -0.1) is 0 Å². The molecule has 3 N–H and O–H groups in total. The van der Waals surface area contributed by atoms with Crippen LogP contribution in [0.25, 0.3) is 11.0 Å². The second kappa shape index (κ2) is 6.58. The maximum atomic E-state index is 5.99. The average Bonchev–Trinajstić information content (AvgIpc) is 2.95. The number of H-pyrrole nitrogens is 1. The molecule has 21 heavy (non-hydrogen) atoms. The monoisotopic (exact) mass is 286 g/mol. The Morgan fingerprint density at radius 3 is 2.86 bits per heavy atom. The zero-order chi connectivity index (χ0) is 14.7. The van der Waals surface area contributed by atoms with Crippen molar-refractivity contribution in [1.82, 2.24) is 14.9 Å². The topological polar surface area (TPSA) is 57.9 Å². The van der Waals surface area contributed by atoms with E-state index in [0.29, 0.717) is 12.0 Å². The smallest absolute Gasteiger partial charge is 0.121 e. The van der Waals surface area contributed by atoms with Gasteiger partial charge in [0.05, 0.1) is 17.6 Å². The van der Waals surface area contributed by atoms with Crippen molar-refractivity contribution in [3.63, 3.8) is 0 Å². The summed E-state index contributed by atoms with van der Waals surface area (Å²) in [6.07, 6.45) is 5.21. The standard InChI is InChI=1S/C17H26N4/c1-2-21(16-10-6-3-7-13(16)11-18)12-17-19-14-8-4-5-9-15(14)20-17/h4-5,8-9,13,16H,2-3,6-7,10-12,18H2,1H3,(H,19,20). The summed E-state index contributed by atoms with van der Waals surface area (Å²) in [4.78, 5) is 10.7. The number of benzene rings is 1. The Morgan fingerprint density at radius 2 is 2.10 bits per heavy atom. The van der Waals surface area contributed by atoms with Crippen LogP contribution in [0, 0.1) is 5.92 Å². The number of nitrogens with one attached hydrogen (secondary N) is 1. The third kappa shape index (κ3) is 3.11. The second-order valence-electron chi connectivity index (χ2n) is 6.11. The van der Waals surface area contributed by atoms with E-state index >= 15 is 0 Å². The number of nitrogens with zero attached hydrogens (tertiary/aromatic N) is 2. The Hall–Kier alpha value is -1.39. The Labute approximate surface area is 126 Å². The number of aromatic nitrogens is 2. The molecule has 1 saturated carbocycles. The van der Waals surface area contributed by atoms with Gasteiger partial charge in [0.15, 0.2) is 0 Å². The number of para-hydroxylation sites is 2. The van der Waals surface area contributed by atoms with Gasteiger partial charge in [-0.1, -0.05) is 31.9 Å². The van der Waals surface area contributed by atoms with E-state index < -0.39 is 0 Å². The molecule has 1 aliphatic carbocycles. The average molecular weight is 286 g/mol. The molecule has 0 radical (unpaired) electrons. The van der Waals surface area contributed by atoms with Crippen LogP contribution in [0.3, 0.4) is 0 Å². The Morgan fingerprint density at radius 1 is 1.29 bits per heavy atom. The summed E-state index contributed by atoms with van der Waals surface area (Å²) in [5, 5.41) is 0. The first-order valence-electron chi connectivity index (χ1n) is 8.19. The second-order valence-corrected chi connectivity index (χ2v) is 6.11. The molecule has 0 saturated heterocycles. The van der Waals surface area contributed by atoms with E-state index in [2.05, 4.69) is 28.9 Å². The molecular formula is C17H26N4. The van der Waals surface area contributed by atoms with Crippen LogP contribution in [-0.4, -0.2) is 34.0 Å². The molecule has 2 aromatic rings. The van der Waals surface area contributed by atoms with Crippen LogP contribution in [0.4, 0.5) is 0 Å². The van der Waals surface area contributed by atoms with Crippen LogP contribution in [0.2, 0.25) is 0 Å². The van der Waals surface area contributed by atoms with Gasteiger partial charge in [-0.2, -0.15) is 0 Å². The number of rotatable bonds is 5. The van der Waals surface area contributed by atoms with Crippen molar-refractivity contribution in [1.29, 1.82) is 0 Å². The molecule has 1 aliphatic rings. The van der Waals surface area contributed by atoms with Gasteiger partial charge in [-0.25, -0.2) is 4.98 Å². The van der Waals surface area contributed by atoms with Gasteiger partial charge in [-0.3, -0.25) is 4.90 Å². The number of nitrogens with two attached hydrogens (primary N) is 1. The van der Waals surface area contributed by atoms with Gasteiger partial charge in [0.25, 0.3) is 0 Å². The largest absolute Gasteiger partial charge is 0.341 e. The zero-order valence-corrected chi connectivity index (χ0v) is 12.9. The molecule has 0 bridgehead atoms. The lowest BCUT2D eigenvalue weighted by Gasteiger charge is -2.38. The van der Waals surface area contributed by atoms with Crippen LogP contribution in [0.1, 0.15) is 38.4 Å². The van der Waals surface area contributed by atoms with Crippen molar-refractivity contribution in [3.8, 4) is 0 Å². The van der Waals surface area contributed by atoms with Crippen molar-refractivity contribution >= 4 is 11.0 Å². The van der Waals surface area contributed by atoms with E-state index in [1.54, 1.807) is 0 Å². The maximum Gasteiger partial charge on any atom is 0.121 e. The number of imidazole rings is 1. The van der Waals surface area contributed by atoms with Crippen LogP contribution >= 0.6 is 0 Å². The molecule has 1 aromatic heterocycles. The minimum Gasteiger partial charge on any atom is -0.341 e. The predicted molar refractivity (Wildman–Crippen MR) is 87.0 cm³/mol. The van der Waals surface area contributed by atoms with Crippen molar-refractivity contribution in [2.75, 3.05) is 13.1 Å². The van der Waals surface area contributed by atoms with Crippen LogP contribution in [0.15, 0.2) is 24.3 Å². The molecule has 0 aliphatic heterocycles. The Balaban J connectivity index is 1.76. The van der Waals surface area contributed by atoms with Crippen LogP contribution in [-0.2, 0) is 6.54 Å². The lowest BCUT2D eigenvalue weighted by molar-refractivity contribution is 0.103. The maximum absolute atomic E-state index is 5.99. The molecule has 0 amide bonds. The number of fused-ring (bicyclic) bond motifs is 1. The van der Waals surface area contributed by atoms with E-state index in [0.717, 1.165) is 36.5 Å². The van der Waals surface area contributed by atoms with E-state index in [4.69, 9.17) is 10.7 Å². The predicted octanol–water partition coefficient (Wildman–Crippen LogP) is 2.90.